The molecule has 18 heavy (non-hydrogen) atoms. The molecule has 0 spiro atoms. The quantitative estimate of drug-likeness (QED) is 0.718. The summed E-state index contributed by atoms with van der Waals surface area (Å²) in [6.07, 6.45) is 0. The van der Waals surface area contributed by atoms with E-state index in [4.69, 9.17) is 11.6 Å². The lowest BCUT2D eigenvalue weighted by molar-refractivity contribution is 1.22. The summed E-state index contributed by atoms with van der Waals surface area (Å²) in [6.45, 7) is 4.00. The van der Waals surface area contributed by atoms with E-state index < -0.39 is 0 Å². The van der Waals surface area contributed by atoms with Crippen LogP contribution in [0.5, 0.6) is 0 Å². The SMILES string of the molecule is Cc1ccc2[nH]c(-c3cc(Cl)ccc3C)nc2n1. The van der Waals surface area contributed by atoms with Gasteiger partial charge in [-0.1, -0.05) is 17.7 Å². The van der Waals surface area contributed by atoms with E-state index in [2.05, 4.69) is 15.0 Å². The van der Waals surface area contributed by atoms with Crippen molar-refractivity contribution in [2.75, 3.05) is 0 Å². The van der Waals surface area contributed by atoms with E-state index in [0.29, 0.717) is 5.02 Å². The van der Waals surface area contributed by atoms with Crippen LogP contribution in [0.1, 0.15) is 11.3 Å². The molecule has 0 unspecified atom stereocenters. The molecule has 2 aromatic heterocycles. The fourth-order valence-electron chi connectivity index (χ4n) is 1.96. The van der Waals surface area contributed by atoms with Gasteiger partial charge in [-0.2, -0.15) is 0 Å². The van der Waals surface area contributed by atoms with Crippen molar-refractivity contribution >= 4 is 22.8 Å². The van der Waals surface area contributed by atoms with Gasteiger partial charge in [0.25, 0.3) is 0 Å². The summed E-state index contributed by atoms with van der Waals surface area (Å²) in [4.78, 5) is 12.2. The van der Waals surface area contributed by atoms with Crippen LogP contribution in [0.25, 0.3) is 22.6 Å². The molecule has 0 aliphatic rings. The number of hydrogen-bond donors (Lipinski definition) is 1. The highest BCUT2D eigenvalue weighted by molar-refractivity contribution is 6.30. The standard InChI is InChI=1S/C14H12ClN3/c1-8-3-5-10(15)7-11(8)13-17-12-6-4-9(2)16-14(12)18-13/h3-7H,1-2H3,(H,16,17,18). The number of aromatic amines is 1. The molecule has 2 heterocycles. The Labute approximate surface area is 110 Å². The summed E-state index contributed by atoms with van der Waals surface area (Å²) in [5.41, 5.74) is 4.79. The molecular weight excluding hydrogens is 246 g/mol. The Morgan fingerprint density at radius 3 is 2.72 bits per heavy atom. The third-order valence-electron chi connectivity index (χ3n) is 2.94. The van der Waals surface area contributed by atoms with E-state index in [-0.39, 0.29) is 0 Å². The number of imidazole rings is 1. The molecule has 0 saturated heterocycles. The first-order valence-electron chi connectivity index (χ1n) is 5.73. The highest BCUT2D eigenvalue weighted by Gasteiger charge is 2.09. The molecule has 0 bridgehead atoms. The number of nitrogens with zero attached hydrogens (tertiary/aromatic N) is 2. The van der Waals surface area contributed by atoms with Gasteiger partial charge in [0, 0.05) is 16.3 Å². The second-order valence-electron chi connectivity index (χ2n) is 4.37. The van der Waals surface area contributed by atoms with E-state index in [1.807, 2.05) is 44.2 Å². The van der Waals surface area contributed by atoms with E-state index in [1.165, 1.54) is 0 Å². The summed E-state index contributed by atoms with van der Waals surface area (Å²) >= 11 is 6.03. The molecule has 0 aliphatic heterocycles. The molecule has 4 heteroatoms. The summed E-state index contributed by atoms with van der Waals surface area (Å²) in [5, 5.41) is 0.709. The normalized spacial score (nSPS) is 11.1. The van der Waals surface area contributed by atoms with Crippen molar-refractivity contribution in [3.8, 4) is 11.4 Å². The summed E-state index contributed by atoms with van der Waals surface area (Å²) in [5.74, 6) is 0.808. The number of H-pyrrole nitrogens is 1. The van der Waals surface area contributed by atoms with Crippen LogP contribution in [-0.2, 0) is 0 Å². The van der Waals surface area contributed by atoms with Crippen molar-refractivity contribution in [3.63, 3.8) is 0 Å². The fraction of sp³-hybridized carbons (Fsp3) is 0.143. The Kier molecular flexibility index (Phi) is 2.56. The number of benzene rings is 1. The van der Waals surface area contributed by atoms with E-state index in [0.717, 1.165) is 33.8 Å². The van der Waals surface area contributed by atoms with Crippen LogP contribution in [0, 0.1) is 13.8 Å². The number of nitrogens with one attached hydrogen (secondary N) is 1. The molecule has 3 nitrogen and oxygen atoms in total. The van der Waals surface area contributed by atoms with Crippen molar-refractivity contribution in [2.24, 2.45) is 0 Å². The number of rotatable bonds is 1. The van der Waals surface area contributed by atoms with Crippen molar-refractivity contribution < 1.29 is 0 Å². The zero-order valence-electron chi connectivity index (χ0n) is 10.2. The van der Waals surface area contributed by atoms with Gasteiger partial charge in [0.2, 0.25) is 0 Å². The van der Waals surface area contributed by atoms with Crippen LogP contribution in [0.4, 0.5) is 0 Å². The van der Waals surface area contributed by atoms with Crippen LogP contribution in [-0.4, -0.2) is 15.0 Å². The van der Waals surface area contributed by atoms with Crippen LogP contribution in [0.3, 0.4) is 0 Å². The third-order valence-corrected chi connectivity index (χ3v) is 3.17. The predicted octanol–water partition coefficient (Wildman–Crippen LogP) is 3.90. The van der Waals surface area contributed by atoms with Gasteiger partial charge in [-0.25, -0.2) is 9.97 Å². The first-order valence-corrected chi connectivity index (χ1v) is 6.11. The maximum atomic E-state index is 6.03. The lowest BCUT2D eigenvalue weighted by Gasteiger charge is -2.02. The van der Waals surface area contributed by atoms with Gasteiger partial charge in [-0.15, -0.1) is 0 Å². The number of pyridine rings is 1. The zero-order valence-corrected chi connectivity index (χ0v) is 10.9. The average molecular weight is 258 g/mol. The summed E-state index contributed by atoms with van der Waals surface area (Å²) in [7, 11) is 0. The lowest BCUT2D eigenvalue weighted by atomic mass is 10.1. The Morgan fingerprint density at radius 2 is 1.89 bits per heavy atom. The molecule has 0 saturated carbocycles. The van der Waals surface area contributed by atoms with Gasteiger partial charge in [-0.05, 0) is 43.7 Å². The fourth-order valence-corrected chi connectivity index (χ4v) is 2.14. The Bertz CT molecular complexity index is 731. The molecule has 0 atom stereocenters. The van der Waals surface area contributed by atoms with E-state index in [9.17, 15) is 0 Å². The second kappa shape index (κ2) is 4.10. The molecule has 0 amide bonds. The number of halogens is 1. The smallest absolute Gasteiger partial charge is 0.178 e. The monoisotopic (exact) mass is 257 g/mol. The zero-order chi connectivity index (χ0) is 12.7. The molecule has 90 valence electrons. The minimum atomic E-state index is 0.709. The number of aromatic nitrogens is 3. The minimum Gasteiger partial charge on any atom is -0.337 e. The molecule has 1 aromatic carbocycles. The molecule has 1 N–H and O–H groups in total. The van der Waals surface area contributed by atoms with E-state index >= 15 is 0 Å². The molecule has 3 rings (SSSR count). The van der Waals surface area contributed by atoms with Gasteiger partial charge in [0.1, 0.15) is 5.82 Å². The Morgan fingerprint density at radius 1 is 1.06 bits per heavy atom. The highest BCUT2D eigenvalue weighted by atomic mass is 35.5. The second-order valence-corrected chi connectivity index (χ2v) is 4.80. The Balaban J connectivity index is 2.22. The van der Waals surface area contributed by atoms with Gasteiger partial charge in [0.05, 0.1) is 5.52 Å². The molecule has 0 fully saturated rings. The topological polar surface area (TPSA) is 41.6 Å². The van der Waals surface area contributed by atoms with Gasteiger partial charge >= 0.3 is 0 Å². The van der Waals surface area contributed by atoms with Gasteiger partial charge in [0.15, 0.2) is 5.65 Å². The lowest BCUT2D eigenvalue weighted by Crippen LogP contribution is -1.85. The minimum absolute atomic E-state index is 0.709. The molecular formula is C14H12ClN3. The summed E-state index contributed by atoms with van der Waals surface area (Å²) < 4.78 is 0. The number of fused-ring (bicyclic) bond motifs is 1. The Hall–Kier alpha value is -1.87. The van der Waals surface area contributed by atoms with Crippen LogP contribution in [0.15, 0.2) is 30.3 Å². The molecule has 3 aromatic rings. The van der Waals surface area contributed by atoms with Crippen molar-refractivity contribution in [1.29, 1.82) is 0 Å². The predicted molar refractivity (Wildman–Crippen MR) is 73.8 cm³/mol. The maximum absolute atomic E-state index is 6.03. The van der Waals surface area contributed by atoms with Crippen LogP contribution < -0.4 is 0 Å². The van der Waals surface area contributed by atoms with Crippen molar-refractivity contribution in [2.45, 2.75) is 13.8 Å². The van der Waals surface area contributed by atoms with Crippen molar-refractivity contribution in [3.05, 3.63) is 46.6 Å². The number of hydrogen-bond acceptors (Lipinski definition) is 2. The first-order chi connectivity index (χ1) is 8.63. The highest BCUT2D eigenvalue weighted by Crippen LogP contribution is 2.25. The third kappa shape index (κ3) is 1.87. The van der Waals surface area contributed by atoms with E-state index in [1.54, 1.807) is 0 Å². The largest absolute Gasteiger partial charge is 0.337 e. The number of aryl methyl sites for hydroxylation is 2. The van der Waals surface area contributed by atoms with Crippen LogP contribution in [0.2, 0.25) is 5.02 Å². The van der Waals surface area contributed by atoms with Gasteiger partial charge < -0.3 is 4.98 Å². The van der Waals surface area contributed by atoms with Gasteiger partial charge in [-0.3, -0.25) is 0 Å². The molecule has 0 aliphatic carbocycles. The molecule has 0 radical (unpaired) electrons. The van der Waals surface area contributed by atoms with Crippen molar-refractivity contribution in [1.82, 2.24) is 15.0 Å². The maximum Gasteiger partial charge on any atom is 0.178 e. The first kappa shape index (κ1) is 11.2. The van der Waals surface area contributed by atoms with Crippen LogP contribution >= 0.6 is 11.6 Å². The summed E-state index contributed by atoms with van der Waals surface area (Å²) in [6, 6.07) is 9.75. The average Bonchev–Trinajstić information content (AvgIpc) is 2.74.